The number of thioether (sulfide) groups is 2. The van der Waals surface area contributed by atoms with Gasteiger partial charge in [-0.1, -0.05) is 20.8 Å². The third kappa shape index (κ3) is 3.95. The highest BCUT2D eigenvalue weighted by atomic mass is 32.2. The molecule has 6 heteroatoms. The van der Waals surface area contributed by atoms with Crippen LogP contribution >= 0.6 is 23.5 Å². The molecule has 4 nitrogen and oxygen atoms in total. The van der Waals surface area contributed by atoms with Crippen LogP contribution in [0.4, 0.5) is 11.6 Å². The van der Waals surface area contributed by atoms with Crippen LogP contribution in [0, 0.1) is 6.92 Å². The highest BCUT2D eigenvalue weighted by Gasteiger charge is 2.21. The minimum absolute atomic E-state index is 0.0896. The van der Waals surface area contributed by atoms with Crippen LogP contribution < -0.4 is 11.1 Å². The molecule has 20 heavy (non-hydrogen) atoms. The van der Waals surface area contributed by atoms with Gasteiger partial charge in [0.2, 0.25) is 0 Å². The lowest BCUT2D eigenvalue weighted by molar-refractivity contribution is 0.546. The number of nitrogen functional groups attached to an aromatic ring is 1. The van der Waals surface area contributed by atoms with Crippen molar-refractivity contribution in [1.82, 2.24) is 9.97 Å². The van der Waals surface area contributed by atoms with Crippen molar-refractivity contribution in [1.29, 1.82) is 0 Å². The van der Waals surface area contributed by atoms with Gasteiger partial charge in [0, 0.05) is 40.0 Å². The van der Waals surface area contributed by atoms with Crippen LogP contribution in [0.5, 0.6) is 0 Å². The molecule has 1 saturated heterocycles. The zero-order valence-corrected chi connectivity index (χ0v) is 14.3. The molecule has 1 unspecified atom stereocenters. The Labute approximate surface area is 130 Å². The summed E-state index contributed by atoms with van der Waals surface area (Å²) in [7, 11) is 0. The molecule has 1 atom stereocenters. The second kappa shape index (κ2) is 6.43. The van der Waals surface area contributed by atoms with Crippen LogP contribution in [-0.4, -0.2) is 39.0 Å². The third-order valence-electron chi connectivity index (χ3n) is 3.24. The zero-order valence-electron chi connectivity index (χ0n) is 12.7. The second-order valence-corrected chi connectivity index (χ2v) is 8.66. The molecule has 2 rings (SSSR count). The first-order valence-electron chi connectivity index (χ1n) is 6.95. The van der Waals surface area contributed by atoms with Crippen LogP contribution in [0.25, 0.3) is 0 Å². The fraction of sp³-hybridized carbons (Fsp3) is 0.714. The number of nitrogens with two attached hydrogens (primary N) is 1. The van der Waals surface area contributed by atoms with E-state index in [9.17, 15) is 0 Å². The van der Waals surface area contributed by atoms with Crippen molar-refractivity contribution in [2.24, 2.45) is 0 Å². The number of anilines is 2. The minimum atomic E-state index is -0.0896. The van der Waals surface area contributed by atoms with Gasteiger partial charge in [0.25, 0.3) is 0 Å². The average molecular weight is 313 g/mol. The molecule has 0 spiro atoms. The zero-order chi connectivity index (χ0) is 14.8. The normalized spacial score (nSPS) is 19.9. The summed E-state index contributed by atoms with van der Waals surface area (Å²) in [4.78, 5) is 9.09. The summed E-state index contributed by atoms with van der Waals surface area (Å²) in [5, 5.41) is 4.13. The highest BCUT2D eigenvalue weighted by Crippen LogP contribution is 2.27. The first-order chi connectivity index (χ1) is 9.38. The van der Waals surface area contributed by atoms with Crippen LogP contribution in [0.2, 0.25) is 0 Å². The molecule has 0 saturated carbocycles. The Balaban J connectivity index is 2.11. The number of nitrogens with zero attached hydrogens (tertiary/aromatic N) is 2. The lowest BCUT2D eigenvalue weighted by Crippen LogP contribution is -2.25. The molecule has 3 N–H and O–H groups in total. The number of hydrogen-bond donors (Lipinski definition) is 2. The van der Waals surface area contributed by atoms with Crippen molar-refractivity contribution in [3.8, 4) is 0 Å². The van der Waals surface area contributed by atoms with Crippen molar-refractivity contribution >= 4 is 35.2 Å². The first kappa shape index (κ1) is 15.8. The number of nitrogens with one attached hydrogen (secondary N) is 1. The molecule has 0 bridgehead atoms. The molecule has 0 amide bonds. The Morgan fingerprint density at radius 1 is 1.30 bits per heavy atom. The van der Waals surface area contributed by atoms with Crippen LogP contribution in [-0.2, 0) is 5.41 Å². The molecular formula is C14H24N4S2. The Bertz CT molecular complexity index is 465. The van der Waals surface area contributed by atoms with Crippen molar-refractivity contribution < 1.29 is 0 Å². The average Bonchev–Trinajstić information content (AvgIpc) is 2.40. The van der Waals surface area contributed by atoms with Gasteiger partial charge < -0.3 is 11.1 Å². The molecular weight excluding hydrogens is 288 g/mol. The summed E-state index contributed by atoms with van der Waals surface area (Å²) in [6.07, 6.45) is 0. The largest absolute Gasteiger partial charge is 0.383 e. The Morgan fingerprint density at radius 3 is 2.65 bits per heavy atom. The van der Waals surface area contributed by atoms with Gasteiger partial charge in [-0.15, -0.1) is 0 Å². The molecule has 1 aliphatic heterocycles. The molecule has 112 valence electrons. The van der Waals surface area contributed by atoms with Gasteiger partial charge in [-0.25, -0.2) is 9.97 Å². The monoisotopic (exact) mass is 312 g/mol. The fourth-order valence-electron chi connectivity index (χ4n) is 1.91. The molecule has 0 radical (unpaired) electrons. The summed E-state index contributed by atoms with van der Waals surface area (Å²) in [6.45, 7) is 9.24. The number of rotatable bonds is 3. The molecule has 1 fully saturated rings. The summed E-state index contributed by atoms with van der Waals surface area (Å²) in [5.41, 5.74) is 6.89. The first-order valence-corrected chi connectivity index (χ1v) is 9.16. The quantitative estimate of drug-likeness (QED) is 0.895. The van der Waals surface area contributed by atoms with Crippen molar-refractivity contribution in [2.75, 3.05) is 34.9 Å². The van der Waals surface area contributed by atoms with Crippen LogP contribution in [0.15, 0.2) is 0 Å². The standard InChI is InChI=1S/C14H24N4S2/c1-9-11(15)17-13(14(2,3)4)18-12(9)16-7-10-8-19-5-6-20-10/h10H,5-8H2,1-4H3,(H3,15,16,17,18). The Hall–Kier alpha value is -0.620. The van der Waals surface area contributed by atoms with E-state index in [0.29, 0.717) is 11.1 Å². The Morgan fingerprint density at radius 2 is 2.05 bits per heavy atom. The maximum Gasteiger partial charge on any atom is 0.138 e. The van der Waals surface area contributed by atoms with Crippen molar-refractivity contribution in [3.05, 3.63) is 11.4 Å². The topological polar surface area (TPSA) is 63.8 Å². The maximum absolute atomic E-state index is 6.03. The van der Waals surface area contributed by atoms with Crippen LogP contribution in [0.1, 0.15) is 32.2 Å². The molecule has 2 heterocycles. The van der Waals surface area contributed by atoms with E-state index in [-0.39, 0.29) is 5.41 Å². The van der Waals surface area contributed by atoms with Gasteiger partial charge in [0.15, 0.2) is 0 Å². The third-order valence-corrected chi connectivity index (χ3v) is 6.08. The van der Waals surface area contributed by atoms with E-state index < -0.39 is 0 Å². The van der Waals surface area contributed by atoms with Crippen molar-refractivity contribution in [2.45, 2.75) is 38.4 Å². The smallest absolute Gasteiger partial charge is 0.138 e. The molecule has 0 aromatic carbocycles. The van der Waals surface area contributed by atoms with Gasteiger partial charge >= 0.3 is 0 Å². The van der Waals surface area contributed by atoms with Gasteiger partial charge in [-0.2, -0.15) is 23.5 Å². The molecule has 1 aliphatic rings. The molecule has 1 aromatic rings. The van der Waals surface area contributed by atoms with E-state index in [0.717, 1.165) is 23.8 Å². The summed E-state index contributed by atoms with van der Waals surface area (Å²) >= 11 is 4.08. The predicted octanol–water partition coefficient (Wildman–Crippen LogP) is 2.93. The Kier molecular flexibility index (Phi) is 5.07. The van der Waals surface area contributed by atoms with Crippen molar-refractivity contribution in [3.63, 3.8) is 0 Å². The van der Waals surface area contributed by atoms with Gasteiger partial charge in [0.05, 0.1) is 0 Å². The number of hydrogen-bond acceptors (Lipinski definition) is 6. The van der Waals surface area contributed by atoms with E-state index in [2.05, 4.69) is 36.1 Å². The SMILES string of the molecule is Cc1c(N)nc(C(C)(C)C)nc1NCC1CSCCS1. The van der Waals surface area contributed by atoms with Gasteiger partial charge in [0.1, 0.15) is 17.5 Å². The van der Waals surface area contributed by atoms with E-state index in [1.165, 1.54) is 17.3 Å². The lowest BCUT2D eigenvalue weighted by Gasteiger charge is -2.23. The minimum Gasteiger partial charge on any atom is -0.383 e. The van der Waals surface area contributed by atoms with E-state index in [1.807, 2.05) is 30.4 Å². The molecule has 1 aromatic heterocycles. The summed E-state index contributed by atoms with van der Waals surface area (Å²) < 4.78 is 0. The van der Waals surface area contributed by atoms with E-state index in [1.54, 1.807) is 0 Å². The molecule has 0 aliphatic carbocycles. The number of aromatic nitrogens is 2. The van der Waals surface area contributed by atoms with E-state index >= 15 is 0 Å². The van der Waals surface area contributed by atoms with Crippen LogP contribution in [0.3, 0.4) is 0 Å². The fourth-order valence-corrected chi connectivity index (χ4v) is 4.52. The van der Waals surface area contributed by atoms with Gasteiger partial charge in [-0.3, -0.25) is 0 Å². The summed E-state index contributed by atoms with van der Waals surface area (Å²) in [6, 6.07) is 0. The predicted molar refractivity (Wildman–Crippen MR) is 91.9 cm³/mol. The summed E-state index contributed by atoms with van der Waals surface area (Å²) in [5.74, 6) is 6.00. The highest BCUT2D eigenvalue weighted by molar-refractivity contribution is 8.06. The second-order valence-electron chi connectivity index (χ2n) is 6.10. The van der Waals surface area contributed by atoms with E-state index in [4.69, 9.17) is 5.73 Å². The lowest BCUT2D eigenvalue weighted by atomic mass is 9.95. The van der Waals surface area contributed by atoms with Gasteiger partial charge in [-0.05, 0) is 6.92 Å². The maximum atomic E-state index is 6.03.